The smallest absolute Gasteiger partial charge is 0.0844 e. The van der Waals surface area contributed by atoms with Crippen LogP contribution in [-0.4, -0.2) is 23.2 Å². The van der Waals surface area contributed by atoms with Gasteiger partial charge in [-0.2, -0.15) is 0 Å². The largest absolute Gasteiger partial charge is 0.394 e. The second-order valence-corrected chi connectivity index (χ2v) is 5.72. The molecule has 2 aromatic rings. The van der Waals surface area contributed by atoms with Crippen LogP contribution in [0.5, 0.6) is 0 Å². The van der Waals surface area contributed by atoms with E-state index >= 15 is 0 Å². The number of halogens is 1. The lowest BCUT2D eigenvalue weighted by Crippen LogP contribution is -2.31. The van der Waals surface area contributed by atoms with E-state index in [-0.39, 0.29) is 24.2 Å². The highest BCUT2D eigenvalue weighted by Gasteiger charge is 2.28. The number of aliphatic hydroxyl groups excluding tert-OH is 1. The summed E-state index contributed by atoms with van der Waals surface area (Å²) in [6.45, 7) is 0.0350. The van der Waals surface area contributed by atoms with Crippen molar-refractivity contribution >= 4 is 22.4 Å². The van der Waals surface area contributed by atoms with Crippen LogP contribution in [0.1, 0.15) is 24.5 Å². The molecule has 0 aliphatic carbocycles. The number of hydrogen-bond donors (Lipinski definition) is 1. The Morgan fingerprint density at radius 2 is 1.89 bits per heavy atom. The van der Waals surface area contributed by atoms with Crippen molar-refractivity contribution in [1.29, 1.82) is 0 Å². The van der Waals surface area contributed by atoms with E-state index < -0.39 is 0 Å². The van der Waals surface area contributed by atoms with Crippen molar-refractivity contribution in [2.45, 2.75) is 30.4 Å². The molecule has 1 aliphatic rings. The molecule has 1 saturated heterocycles. The van der Waals surface area contributed by atoms with Gasteiger partial charge in [-0.1, -0.05) is 36.4 Å². The summed E-state index contributed by atoms with van der Waals surface area (Å²) >= 11 is 6.26. The molecule has 3 heteroatoms. The fourth-order valence-corrected chi connectivity index (χ4v) is 3.06. The molecule has 1 N–H and O–H groups in total. The molecule has 3 unspecified atom stereocenters. The summed E-state index contributed by atoms with van der Waals surface area (Å²) < 4.78 is 5.91. The quantitative estimate of drug-likeness (QED) is 0.848. The van der Waals surface area contributed by atoms with Gasteiger partial charge < -0.3 is 9.84 Å². The molecule has 0 spiro atoms. The lowest BCUT2D eigenvalue weighted by atomic mass is 9.96. The minimum absolute atomic E-state index is 0.0157. The number of alkyl halides is 1. The Morgan fingerprint density at radius 1 is 1.11 bits per heavy atom. The van der Waals surface area contributed by atoms with Crippen molar-refractivity contribution in [3.63, 3.8) is 0 Å². The average Bonchev–Trinajstić information content (AvgIpc) is 2.46. The monoisotopic (exact) mass is 276 g/mol. The highest BCUT2D eigenvalue weighted by atomic mass is 35.5. The molecular formula is C16H17ClO2. The van der Waals surface area contributed by atoms with E-state index in [0.717, 1.165) is 18.4 Å². The first-order valence-electron chi connectivity index (χ1n) is 6.65. The predicted molar refractivity (Wildman–Crippen MR) is 77.5 cm³/mol. The van der Waals surface area contributed by atoms with E-state index in [1.807, 2.05) is 12.1 Å². The van der Waals surface area contributed by atoms with E-state index in [0.29, 0.717) is 0 Å². The first-order valence-corrected chi connectivity index (χ1v) is 7.09. The lowest BCUT2D eigenvalue weighted by molar-refractivity contribution is -0.0720. The second kappa shape index (κ2) is 5.49. The molecular weight excluding hydrogens is 260 g/mol. The molecule has 1 aliphatic heterocycles. The summed E-state index contributed by atoms with van der Waals surface area (Å²) in [6.07, 6.45) is 1.36. The third-order valence-corrected chi connectivity index (χ3v) is 4.05. The molecule has 1 fully saturated rings. The maximum Gasteiger partial charge on any atom is 0.0844 e. The molecule has 3 rings (SSSR count). The first-order chi connectivity index (χ1) is 9.26. The molecule has 2 aromatic carbocycles. The first kappa shape index (κ1) is 12.9. The number of aliphatic hydroxyl groups is 1. The summed E-state index contributed by atoms with van der Waals surface area (Å²) in [5.74, 6) is 0. The fraction of sp³-hybridized carbons (Fsp3) is 0.375. The van der Waals surface area contributed by atoms with Gasteiger partial charge in [0.2, 0.25) is 0 Å². The number of ether oxygens (including phenoxy) is 1. The van der Waals surface area contributed by atoms with Crippen LogP contribution in [0.25, 0.3) is 10.8 Å². The van der Waals surface area contributed by atoms with Crippen molar-refractivity contribution in [2.24, 2.45) is 0 Å². The van der Waals surface area contributed by atoms with Gasteiger partial charge in [-0.05, 0) is 35.2 Å². The summed E-state index contributed by atoms with van der Waals surface area (Å²) in [6, 6.07) is 14.6. The number of rotatable bonds is 2. The van der Waals surface area contributed by atoms with Crippen LogP contribution in [0, 0.1) is 0 Å². The maximum absolute atomic E-state index is 9.26. The van der Waals surface area contributed by atoms with Crippen molar-refractivity contribution < 1.29 is 9.84 Å². The van der Waals surface area contributed by atoms with E-state index in [1.54, 1.807) is 0 Å². The van der Waals surface area contributed by atoms with Crippen LogP contribution in [-0.2, 0) is 4.74 Å². The van der Waals surface area contributed by atoms with E-state index in [2.05, 4.69) is 30.3 Å². The van der Waals surface area contributed by atoms with Crippen LogP contribution >= 0.6 is 11.6 Å². The standard InChI is InChI=1S/C16H17ClO2/c17-14-8-15(10-18)19-16(9-14)13-6-5-11-3-1-2-4-12(11)7-13/h1-7,14-16,18H,8-10H2. The summed E-state index contributed by atoms with van der Waals surface area (Å²) in [7, 11) is 0. The highest BCUT2D eigenvalue weighted by molar-refractivity contribution is 6.20. The predicted octanol–water partition coefficient (Wildman–Crippen LogP) is 3.66. The van der Waals surface area contributed by atoms with Gasteiger partial charge in [0.25, 0.3) is 0 Å². The van der Waals surface area contributed by atoms with Gasteiger partial charge in [0.05, 0.1) is 18.8 Å². The number of hydrogen-bond acceptors (Lipinski definition) is 2. The molecule has 3 atom stereocenters. The molecule has 1 heterocycles. The second-order valence-electron chi connectivity index (χ2n) is 5.10. The Hall–Kier alpha value is -1.09. The van der Waals surface area contributed by atoms with Gasteiger partial charge >= 0.3 is 0 Å². The third kappa shape index (κ3) is 2.76. The minimum Gasteiger partial charge on any atom is -0.394 e. The molecule has 100 valence electrons. The summed E-state index contributed by atoms with van der Waals surface area (Å²) in [5, 5.41) is 11.8. The zero-order valence-corrected chi connectivity index (χ0v) is 11.4. The highest BCUT2D eigenvalue weighted by Crippen LogP contribution is 2.34. The topological polar surface area (TPSA) is 29.5 Å². The van der Waals surface area contributed by atoms with Gasteiger partial charge in [0.15, 0.2) is 0 Å². The SMILES string of the molecule is OCC1CC(Cl)CC(c2ccc3ccccc3c2)O1. The third-order valence-electron chi connectivity index (χ3n) is 3.69. The maximum atomic E-state index is 9.26. The molecule has 0 aromatic heterocycles. The van der Waals surface area contributed by atoms with Crippen molar-refractivity contribution in [2.75, 3.05) is 6.61 Å². The van der Waals surface area contributed by atoms with E-state index in [1.165, 1.54) is 10.8 Å². The van der Waals surface area contributed by atoms with Crippen molar-refractivity contribution in [3.8, 4) is 0 Å². The van der Waals surface area contributed by atoms with E-state index in [4.69, 9.17) is 16.3 Å². The molecule has 0 bridgehead atoms. The fourth-order valence-electron chi connectivity index (χ4n) is 2.70. The Morgan fingerprint density at radius 3 is 2.68 bits per heavy atom. The average molecular weight is 277 g/mol. The van der Waals surface area contributed by atoms with Crippen LogP contribution < -0.4 is 0 Å². The normalized spacial score (nSPS) is 27.6. The molecule has 19 heavy (non-hydrogen) atoms. The molecule has 2 nitrogen and oxygen atoms in total. The summed E-state index contributed by atoms with van der Waals surface area (Å²) in [5.41, 5.74) is 1.14. The number of benzene rings is 2. The van der Waals surface area contributed by atoms with Gasteiger partial charge in [-0.3, -0.25) is 0 Å². The van der Waals surface area contributed by atoms with Gasteiger partial charge in [0, 0.05) is 5.38 Å². The Bertz CT molecular complexity index is 569. The molecule has 0 amide bonds. The molecule has 0 saturated carbocycles. The van der Waals surface area contributed by atoms with Gasteiger partial charge in [-0.25, -0.2) is 0 Å². The van der Waals surface area contributed by atoms with Crippen molar-refractivity contribution in [1.82, 2.24) is 0 Å². The van der Waals surface area contributed by atoms with E-state index in [9.17, 15) is 5.11 Å². The zero-order valence-electron chi connectivity index (χ0n) is 10.6. The van der Waals surface area contributed by atoms with Crippen LogP contribution in [0.2, 0.25) is 0 Å². The Kier molecular flexibility index (Phi) is 3.74. The van der Waals surface area contributed by atoms with Crippen LogP contribution in [0.4, 0.5) is 0 Å². The number of fused-ring (bicyclic) bond motifs is 1. The Balaban J connectivity index is 1.90. The van der Waals surface area contributed by atoms with Crippen LogP contribution in [0.15, 0.2) is 42.5 Å². The van der Waals surface area contributed by atoms with Crippen molar-refractivity contribution in [3.05, 3.63) is 48.0 Å². The van der Waals surface area contributed by atoms with Gasteiger partial charge in [0.1, 0.15) is 0 Å². The lowest BCUT2D eigenvalue weighted by Gasteiger charge is -2.32. The molecule has 0 radical (unpaired) electrons. The van der Waals surface area contributed by atoms with Gasteiger partial charge in [-0.15, -0.1) is 11.6 Å². The van der Waals surface area contributed by atoms with Crippen LogP contribution in [0.3, 0.4) is 0 Å². The summed E-state index contributed by atoms with van der Waals surface area (Å²) in [4.78, 5) is 0. The minimum atomic E-state index is -0.146. The Labute approximate surface area is 118 Å². The zero-order chi connectivity index (χ0) is 13.2.